The van der Waals surface area contributed by atoms with Crippen LogP contribution in [0.3, 0.4) is 0 Å². The molecule has 0 atom stereocenters. The monoisotopic (exact) mass is 301 g/mol. The van der Waals surface area contributed by atoms with Gasteiger partial charge in [-0.1, -0.05) is 0 Å². The fraction of sp³-hybridized carbons (Fsp3) is 0.273. The number of rotatable bonds is 5. The van der Waals surface area contributed by atoms with Crippen LogP contribution in [0, 0.1) is 0 Å². The average molecular weight is 302 g/mol. The predicted octanol–water partition coefficient (Wildman–Crippen LogP) is 1.63. The van der Waals surface area contributed by atoms with Crippen LogP contribution in [0.25, 0.3) is 0 Å². The molecule has 0 aromatic heterocycles. The summed E-state index contributed by atoms with van der Waals surface area (Å²) in [5.41, 5.74) is 4.93. The number of carbonyl (C=O) groups excluding carboxylic acids is 2. The van der Waals surface area contributed by atoms with Crippen LogP contribution in [0.4, 0.5) is 0 Å². The molecule has 1 rings (SSSR count). The third kappa shape index (κ3) is 4.44. The molecule has 0 saturated carbocycles. The van der Waals surface area contributed by atoms with Gasteiger partial charge in [0.15, 0.2) is 0 Å². The smallest absolute Gasteiger partial charge is 0.311 e. The molecule has 5 nitrogen and oxygen atoms in total. The highest BCUT2D eigenvalue weighted by Crippen LogP contribution is 2.28. The Labute approximate surface area is 107 Å². The molecule has 1 aromatic carbocycles. The van der Waals surface area contributed by atoms with Crippen molar-refractivity contribution < 1.29 is 19.1 Å². The van der Waals surface area contributed by atoms with Gasteiger partial charge in [-0.3, -0.25) is 9.59 Å². The van der Waals surface area contributed by atoms with Gasteiger partial charge in [0.05, 0.1) is 18.0 Å². The quantitative estimate of drug-likeness (QED) is 0.662. The summed E-state index contributed by atoms with van der Waals surface area (Å²) in [6.45, 7) is 0. The van der Waals surface area contributed by atoms with Gasteiger partial charge in [0, 0.05) is 6.42 Å². The van der Waals surface area contributed by atoms with Gasteiger partial charge in [0.1, 0.15) is 11.5 Å². The molecule has 6 heteroatoms. The standard InChI is InChI=1S/C11H12BrNO4/c1-16-9-3-2-7(6-8(9)12)17-11(15)5-4-10(13)14/h2-3,6H,4-5H2,1H3,(H2,13,14). The van der Waals surface area contributed by atoms with E-state index in [-0.39, 0.29) is 12.8 Å². The zero-order valence-corrected chi connectivity index (χ0v) is 10.8. The summed E-state index contributed by atoms with van der Waals surface area (Å²) < 4.78 is 10.7. The van der Waals surface area contributed by atoms with Gasteiger partial charge in [0.2, 0.25) is 5.91 Å². The minimum absolute atomic E-state index is 0.0177. The Kier molecular flexibility index (Phi) is 4.96. The average Bonchev–Trinajstić information content (AvgIpc) is 2.26. The summed E-state index contributed by atoms with van der Waals surface area (Å²) in [7, 11) is 1.54. The summed E-state index contributed by atoms with van der Waals surface area (Å²) in [5.74, 6) is -0.00666. The van der Waals surface area contributed by atoms with Crippen LogP contribution in [0.15, 0.2) is 22.7 Å². The van der Waals surface area contributed by atoms with Crippen molar-refractivity contribution >= 4 is 27.8 Å². The molecule has 2 N–H and O–H groups in total. The summed E-state index contributed by atoms with van der Waals surface area (Å²) >= 11 is 3.27. The third-order valence-corrected chi connectivity index (χ3v) is 2.55. The van der Waals surface area contributed by atoms with Crippen molar-refractivity contribution in [1.29, 1.82) is 0 Å². The maximum absolute atomic E-state index is 11.3. The number of primary amides is 1. The summed E-state index contributed by atoms with van der Waals surface area (Å²) in [6, 6.07) is 4.88. The molecule has 0 heterocycles. The van der Waals surface area contributed by atoms with E-state index in [1.165, 1.54) is 0 Å². The van der Waals surface area contributed by atoms with E-state index in [1.54, 1.807) is 25.3 Å². The molecule has 0 radical (unpaired) electrons. The number of hydrogen-bond donors (Lipinski definition) is 1. The Hall–Kier alpha value is -1.56. The number of benzene rings is 1. The van der Waals surface area contributed by atoms with Gasteiger partial charge in [-0.05, 0) is 34.1 Å². The van der Waals surface area contributed by atoms with Gasteiger partial charge in [0.25, 0.3) is 0 Å². The maximum Gasteiger partial charge on any atom is 0.311 e. The first-order valence-corrected chi connectivity index (χ1v) is 5.64. The first-order chi connectivity index (χ1) is 8.02. The zero-order valence-electron chi connectivity index (χ0n) is 9.23. The maximum atomic E-state index is 11.3. The highest BCUT2D eigenvalue weighted by Gasteiger charge is 2.08. The van der Waals surface area contributed by atoms with E-state index in [1.807, 2.05) is 0 Å². The summed E-state index contributed by atoms with van der Waals surface area (Å²) in [4.78, 5) is 21.8. The summed E-state index contributed by atoms with van der Waals surface area (Å²) in [5, 5.41) is 0. The van der Waals surface area contributed by atoms with Crippen molar-refractivity contribution in [2.45, 2.75) is 12.8 Å². The molecule has 1 amide bonds. The van der Waals surface area contributed by atoms with Crippen LogP contribution in [-0.4, -0.2) is 19.0 Å². The molecule has 0 bridgehead atoms. The van der Waals surface area contributed by atoms with E-state index in [0.717, 1.165) is 0 Å². The Morgan fingerprint density at radius 1 is 1.35 bits per heavy atom. The number of esters is 1. The number of methoxy groups -OCH3 is 1. The first kappa shape index (κ1) is 13.5. The molecule has 17 heavy (non-hydrogen) atoms. The summed E-state index contributed by atoms with van der Waals surface area (Å²) in [6.07, 6.45) is -0.0465. The normalized spacial score (nSPS) is 9.76. The SMILES string of the molecule is COc1ccc(OC(=O)CCC(N)=O)cc1Br. The Morgan fingerprint density at radius 2 is 2.06 bits per heavy atom. The van der Waals surface area contributed by atoms with Gasteiger partial charge in [-0.25, -0.2) is 0 Å². The molecule has 0 fully saturated rings. The molecular formula is C11H12BrNO4. The molecule has 0 aliphatic rings. The van der Waals surface area contributed by atoms with E-state index < -0.39 is 11.9 Å². The van der Waals surface area contributed by atoms with Crippen LogP contribution in [0.2, 0.25) is 0 Å². The van der Waals surface area contributed by atoms with Crippen molar-refractivity contribution in [3.63, 3.8) is 0 Å². The minimum Gasteiger partial charge on any atom is -0.496 e. The second-order valence-electron chi connectivity index (χ2n) is 3.24. The molecule has 0 aliphatic carbocycles. The van der Waals surface area contributed by atoms with Crippen molar-refractivity contribution in [3.8, 4) is 11.5 Å². The van der Waals surface area contributed by atoms with Crippen LogP contribution >= 0.6 is 15.9 Å². The second-order valence-corrected chi connectivity index (χ2v) is 4.09. The van der Waals surface area contributed by atoms with Crippen LogP contribution in [0.1, 0.15) is 12.8 Å². The van der Waals surface area contributed by atoms with E-state index in [0.29, 0.717) is 16.0 Å². The number of ether oxygens (including phenoxy) is 2. The van der Waals surface area contributed by atoms with Crippen LogP contribution in [0.5, 0.6) is 11.5 Å². The Balaban J connectivity index is 2.60. The zero-order chi connectivity index (χ0) is 12.8. The second kappa shape index (κ2) is 6.24. The lowest BCUT2D eigenvalue weighted by atomic mass is 10.3. The number of halogens is 1. The van der Waals surface area contributed by atoms with Crippen LogP contribution in [-0.2, 0) is 9.59 Å². The highest BCUT2D eigenvalue weighted by molar-refractivity contribution is 9.10. The first-order valence-electron chi connectivity index (χ1n) is 4.85. The van der Waals surface area contributed by atoms with Gasteiger partial charge >= 0.3 is 5.97 Å². The fourth-order valence-electron chi connectivity index (χ4n) is 1.12. The molecule has 0 unspecified atom stereocenters. The number of hydrogen-bond acceptors (Lipinski definition) is 4. The Morgan fingerprint density at radius 3 is 2.59 bits per heavy atom. The molecule has 0 spiro atoms. The molecule has 0 aliphatic heterocycles. The molecular weight excluding hydrogens is 290 g/mol. The van der Waals surface area contributed by atoms with Crippen molar-refractivity contribution in [2.75, 3.05) is 7.11 Å². The minimum atomic E-state index is -0.530. The van der Waals surface area contributed by atoms with Crippen molar-refractivity contribution in [1.82, 2.24) is 0 Å². The van der Waals surface area contributed by atoms with Crippen molar-refractivity contribution in [2.24, 2.45) is 5.73 Å². The number of amides is 1. The van der Waals surface area contributed by atoms with Gasteiger partial charge in [-0.2, -0.15) is 0 Å². The molecule has 1 aromatic rings. The van der Waals surface area contributed by atoms with E-state index in [2.05, 4.69) is 15.9 Å². The number of nitrogens with two attached hydrogens (primary N) is 1. The van der Waals surface area contributed by atoms with Gasteiger partial charge in [-0.15, -0.1) is 0 Å². The fourth-order valence-corrected chi connectivity index (χ4v) is 1.64. The third-order valence-electron chi connectivity index (χ3n) is 1.93. The van der Waals surface area contributed by atoms with E-state index in [9.17, 15) is 9.59 Å². The van der Waals surface area contributed by atoms with Gasteiger partial charge < -0.3 is 15.2 Å². The van der Waals surface area contributed by atoms with Crippen molar-refractivity contribution in [3.05, 3.63) is 22.7 Å². The topological polar surface area (TPSA) is 78.6 Å². The Bertz CT molecular complexity index is 433. The largest absolute Gasteiger partial charge is 0.496 e. The predicted molar refractivity (Wildman–Crippen MR) is 64.8 cm³/mol. The lowest BCUT2D eigenvalue weighted by molar-refractivity contribution is -0.136. The van der Waals surface area contributed by atoms with Crippen LogP contribution < -0.4 is 15.2 Å². The van der Waals surface area contributed by atoms with E-state index >= 15 is 0 Å². The highest BCUT2D eigenvalue weighted by atomic mass is 79.9. The lowest BCUT2D eigenvalue weighted by Crippen LogP contribution is -2.15. The van der Waals surface area contributed by atoms with E-state index in [4.69, 9.17) is 15.2 Å². The number of carbonyl (C=O) groups is 2. The molecule has 0 saturated heterocycles. The molecule has 92 valence electrons. The lowest BCUT2D eigenvalue weighted by Gasteiger charge is -2.06.